The van der Waals surface area contributed by atoms with E-state index in [-0.39, 0.29) is 51.7 Å². The third-order valence-electron chi connectivity index (χ3n) is 5.62. The zero-order chi connectivity index (χ0) is 27.5. The van der Waals surface area contributed by atoms with Crippen molar-refractivity contribution in [1.82, 2.24) is 14.9 Å². The summed E-state index contributed by atoms with van der Waals surface area (Å²) in [5, 5.41) is -0.0439. The van der Waals surface area contributed by atoms with E-state index >= 15 is 0 Å². The average Bonchev–Trinajstić information content (AvgIpc) is 2.82. The molecule has 0 spiro atoms. The quantitative estimate of drug-likeness (QED) is 0.473. The third-order valence-corrected chi connectivity index (χ3v) is 5.62. The first kappa shape index (κ1) is 28.1. The molecule has 3 aromatic rings. The zero-order valence-electron chi connectivity index (χ0n) is 21.2. The summed E-state index contributed by atoms with van der Waals surface area (Å²) in [5.41, 5.74) is -2.00. The lowest BCUT2D eigenvalue weighted by atomic mass is 10.0. The number of halogens is 4. The van der Waals surface area contributed by atoms with Gasteiger partial charge in [-0.25, -0.2) is 9.37 Å². The average molecular weight is 524 g/mol. The monoisotopic (exact) mass is 523 g/mol. The van der Waals surface area contributed by atoms with Crippen molar-refractivity contribution in [2.45, 2.75) is 59.6 Å². The van der Waals surface area contributed by atoms with Crippen LogP contribution in [-0.2, 0) is 17.5 Å². The normalized spacial score (nSPS) is 17.8. The SMILES string of the molecule is CC.Cc1nc2cc(C(F)(F)F)c(COc3ccc(C(=O)N4CC(C)OC(C)C4)cc3F)cc2c(=O)[nH]1. The fourth-order valence-corrected chi connectivity index (χ4v) is 4.16. The molecule has 200 valence electrons. The van der Waals surface area contributed by atoms with Crippen molar-refractivity contribution >= 4 is 16.8 Å². The lowest BCUT2D eigenvalue weighted by molar-refractivity contribution is -0.138. The van der Waals surface area contributed by atoms with Crippen molar-refractivity contribution in [3.63, 3.8) is 0 Å². The number of nitrogens with one attached hydrogen (secondary N) is 1. The first-order valence-electron chi connectivity index (χ1n) is 11.9. The Labute approximate surface area is 211 Å². The lowest BCUT2D eigenvalue weighted by Crippen LogP contribution is -2.48. The maximum atomic E-state index is 14.7. The molecule has 0 aliphatic carbocycles. The van der Waals surface area contributed by atoms with Gasteiger partial charge in [0.1, 0.15) is 12.4 Å². The Bertz CT molecular complexity index is 1330. The summed E-state index contributed by atoms with van der Waals surface area (Å²) in [6, 6.07) is 5.36. The summed E-state index contributed by atoms with van der Waals surface area (Å²) in [6.07, 6.45) is -5.07. The number of carbonyl (C=O) groups is 1. The number of aromatic nitrogens is 2. The van der Waals surface area contributed by atoms with Crippen molar-refractivity contribution in [3.8, 4) is 5.75 Å². The molecule has 1 aliphatic rings. The second kappa shape index (κ2) is 11.3. The van der Waals surface area contributed by atoms with Crippen LogP contribution in [0.15, 0.2) is 35.1 Å². The van der Waals surface area contributed by atoms with Gasteiger partial charge in [0.05, 0.1) is 28.7 Å². The van der Waals surface area contributed by atoms with E-state index in [0.717, 1.165) is 18.2 Å². The van der Waals surface area contributed by atoms with E-state index in [1.807, 2.05) is 27.7 Å². The van der Waals surface area contributed by atoms with E-state index in [4.69, 9.17) is 9.47 Å². The van der Waals surface area contributed by atoms with Crippen LogP contribution < -0.4 is 10.3 Å². The highest BCUT2D eigenvalue weighted by molar-refractivity contribution is 5.94. The number of nitrogens with zero attached hydrogens (tertiary/aromatic N) is 2. The van der Waals surface area contributed by atoms with E-state index in [0.29, 0.717) is 13.1 Å². The van der Waals surface area contributed by atoms with Gasteiger partial charge in [0.15, 0.2) is 11.6 Å². The summed E-state index contributed by atoms with van der Waals surface area (Å²) in [5.74, 6) is -1.42. The van der Waals surface area contributed by atoms with E-state index in [1.54, 1.807) is 4.90 Å². The molecule has 1 aromatic heterocycles. The smallest absolute Gasteiger partial charge is 0.416 e. The first-order valence-corrected chi connectivity index (χ1v) is 11.9. The molecule has 2 unspecified atom stereocenters. The second-order valence-corrected chi connectivity index (χ2v) is 8.58. The van der Waals surface area contributed by atoms with Gasteiger partial charge in [-0.05, 0) is 51.1 Å². The molecule has 7 nitrogen and oxygen atoms in total. The van der Waals surface area contributed by atoms with E-state index in [2.05, 4.69) is 9.97 Å². The number of aromatic amines is 1. The van der Waals surface area contributed by atoms with Crippen molar-refractivity contribution < 1.29 is 31.8 Å². The molecule has 11 heteroatoms. The highest BCUT2D eigenvalue weighted by Gasteiger charge is 2.34. The van der Waals surface area contributed by atoms with Gasteiger partial charge in [0.2, 0.25) is 0 Å². The molecule has 37 heavy (non-hydrogen) atoms. The van der Waals surface area contributed by atoms with Crippen LogP contribution in [-0.4, -0.2) is 46.1 Å². The minimum Gasteiger partial charge on any atom is -0.486 e. The number of morpholine rings is 1. The fourth-order valence-electron chi connectivity index (χ4n) is 4.16. The van der Waals surface area contributed by atoms with Crippen LogP contribution in [0.1, 0.15) is 55.0 Å². The molecule has 1 saturated heterocycles. The zero-order valence-corrected chi connectivity index (χ0v) is 21.2. The minimum absolute atomic E-state index is 0.0439. The summed E-state index contributed by atoms with van der Waals surface area (Å²) < 4.78 is 66.6. The van der Waals surface area contributed by atoms with Crippen LogP contribution in [0, 0.1) is 12.7 Å². The molecular weight excluding hydrogens is 494 g/mol. The number of alkyl halides is 3. The van der Waals surface area contributed by atoms with Crippen molar-refractivity contribution in [2.24, 2.45) is 0 Å². The second-order valence-electron chi connectivity index (χ2n) is 8.58. The highest BCUT2D eigenvalue weighted by atomic mass is 19.4. The molecule has 1 aliphatic heterocycles. The molecule has 2 heterocycles. The summed E-state index contributed by atoms with van der Waals surface area (Å²) in [6.45, 7) is 9.20. The minimum atomic E-state index is -4.74. The number of H-pyrrole nitrogens is 1. The molecule has 0 bridgehead atoms. The molecule has 2 aromatic carbocycles. The van der Waals surface area contributed by atoms with Gasteiger partial charge < -0.3 is 19.4 Å². The van der Waals surface area contributed by atoms with Gasteiger partial charge in [-0.1, -0.05) is 13.8 Å². The number of aryl methyl sites for hydroxylation is 1. The van der Waals surface area contributed by atoms with Crippen molar-refractivity contribution in [3.05, 3.63) is 69.0 Å². The van der Waals surface area contributed by atoms with Gasteiger partial charge >= 0.3 is 6.18 Å². The number of carbonyl (C=O) groups excluding carboxylic acids is 1. The topological polar surface area (TPSA) is 84.5 Å². The Morgan fingerprint density at radius 3 is 2.41 bits per heavy atom. The van der Waals surface area contributed by atoms with E-state index < -0.39 is 29.7 Å². The summed E-state index contributed by atoms with van der Waals surface area (Å²) >= 11 is 0. The van der Waals surface area contributed by atoms with Crippen LogP contribution in [0.4, 0.5) is 17.6 Å². The van der Waals surface area contributed by atoms with Gasteiger partial charge in [-0.3, -0.25) is 9.59 Å². The van der Waals surface area contributed by atoms with E-state index in [9.17, 15) is 27.2 Å². The predicted molar refractivity (Wildman–Crippen MR) is 130 cm³/mol. The largest absolute Gasteiger partial charge is 0.486 e. The molecule has 4 rings (SSSR count). The third kappa shape index (κ3) is 6.46. The summed E-state index contributed by atoms with van der Waals surface area (Å²) in [4.78, 5) is 32.9. The fraction of sp³-hybridized carbons (Fsp3) is 0.423. The maximum Gasteiger partial charge on any atom is 0.416 e. The van der Waals surface area contributed by atoms with Crippen LogP contribution in [0.2, 0.25) is 0 Å². The molecule has 0 saturated carbocycles. The maximum absolute atomic E-state index is 14.7. The Hall–Kier alpha value is -3.47. The number of benzene rings is 2. The highest BCUT2D eigenvalue weighted by Crippen LogP contribution is 2.34. The molecule has 2 atom stereocenters. The molecule has 1 N–H and O–H groups in total. The van der Waals surface area contributed by atoms with Gasteiger partial charge in [0.25, 0.3) is 11.5 Å². The number of hydrogen-bond acceptors (Lipinski definition) is 5. The number of fused-ring (bicyclic) bond motifs is 1. The van der Waals surface area contributed by atoms with Gasteiger partial charge in [-0.15, -0.1) is 0 Å². The van der Waals surface area contributed by atoms with Crippen LogP contribution >= 0.6 is 0 Å². The van der Waals surface area contributed by atoms with Crippen molar-refractivity contribution in [1.29, 1.82) is 0 Å². The molecule has 0 radical (unpaired) electrons. The number of rotatable bonds is 4. The number of ether oxygens (including phenoxy) is 2. The standard InChI is InChI=1S/C24H23F4N3O4.C2H6/c1-12-9-31(10-13(2)35-12)23(33)15-4-5-21(19(25)7-15)34-11-16-6-17-20(8-18(16)24(26,27)28)29-14(3)30-22(17)32;1-2/h4-8,12-13H,9-11H2,1-3H3,(H,29,30,32);1-2H3. The Morgan fingerprint density at radius 1 is 1.16 bits per heavy atom. The Morgan fingerprint density at radius 2 is 1.81 bits per heavy atom. The van der Waals surface area contributed by atoms with E-state index in [1.165, 1.54) is 19.1 Å². The van der Waals surface area contributed by atoms with Crippen LogP contribution in [0.3, 0.4) is 0 Å². The number of amides is 1. The Balaban J connectivity index is 0.00000186. The van der Waals surface area contributed by atoms with Crippen molar-refractivity contribution in [2.75, 3.05) is 13.1 Å². The predicted octanol–water partition coefficient (Wildman–Crippen LogP) is 5.24. The Kier molecular flexibility index (Phi) is 8.57. The molecular formula is C26H29F4N3O4. The van der Waals surface area contributed by atoms with Crippen LogP contribution in [0.5, 0.6) is 5.75 Å². The lowest BCUT2D eigenvalue weighted by Gasteiger charge is -2.35. The number of hydrogen-bond donors (Lipinski definition) is 1. The first-order chi connectivity index (χ1) is 17.4. The van der Waals surface area contributed by atoms with Gasteiger partial charge in [0, 0.05) is 24.2 Å². The van der Waals surface area contributed by atoms with Gasteiger partial charge in [-0.2, -0.15) is 13.2 Å². The summed E-state index contributed by atoms with van der Waals surface area (Å²) in [7, 11) is 0. The molecule has 1 amide bonds. The van der Waals surface area contributed by atoms with Crippen LogP contribution in [0.25, 0.3) is 10.9 Å². The molecule has 1 fully saturated rings.